The molecule has 19 heavy (non-hydrogen) atoms. The molecule has 1 aliphatic heterocycles. The van der Waals surface area contributed by atoms with Crippen molar-refractivity contribution in [3.05, 3.63) is 0 Å². The van der Waals surface area contributed by atoms with Crippen LogP contribution in [0.15, 0.2) is 0 Å². The second-order valence-corrected chi connectivity index (χ2v) is 6.39. The minimum absolute atomic E-state index is 0.200. The van der Waals surface area contributed by atoms with Gasteiger partial charge in [-0.3, -0.25) is 10.1 Å². The van der Waals surface area contributed by atoms with Gasteiger partial charge in [0.05, 0.1) is 6.10 Å². The van der Waals surface area contributed by atoms with Crippen molar-refractivity contribution < 1.29 is 14.6 Å². The fourth-order valence-corrected chi connectivity index (χ4v) is 3.76. The molecule has 3 atom stereocenters. The van der Waals surface area contributed by atoms with Crippen LogP contribution in [0.25, 0.3) is 0 Å². The molecule has 1 heterocycles. The van der Waals surface area contributed by atoms with Crippen molar-refractivity contribution in [1.82, 2.24) is 5.32 Å². The van der Waals surface area contributed by atoms with Gasteiger partial charge in [-0.2, -0.15) is 0 Å². The van der Waals surface area contributed by atoms with Crippen LogP contribution in [0.4, 0.5) is 0 Å². The van der Waals surface area contributed by atoms with Crippen LogP contribution in [0.5, 0.6) is 0 Å². The summed E-state index contributed by atoms with van der Waals surface area (Å²) in [6.07, 6.45) is 6.27. The van der Waals surface area contributed by atoms with E-state index >= 15 is 0 Å². The molecule has 2 N–H and O–H groups in total. The normalized spacial score (nSPS) is 35.7. The molecule has 1 saturated carbocycles. The zero-order valence-electron chi connectivity index (χ0n) is 12.2. The van der Waals surface area contributed by atoms with Crippen molar-refractivity contribution in [2.75, 3.05) is 13.2 Å². The Labute approximate surface area is 115 Å². The highest BCUT2D eigenvalue weighted by molar-refractivity contribution is 5.79. The van der Waals surface area contributed by atoms with Crippen molar-refractivity contribution in [3.8, 4) is 0 Å². The number of hydrogen-bond acceptors (Lipinski definition) is 3. The lowest BCUT2D eigenvalue weighted by Crippen LogP contribution is -2.61. The molecule has 4 nitrogen and oxygen atoms in total. The van der Waals surface area contributed by atoms with Gasteiger partial charge in [0, 0.05) is 13.2 Å². The lowest BCUT2D eigenvalue weighted by molar-refractivity contribution is -0.151. The summed E-state index contributed by atoms with van der Waals surface area (Å²) >= 11 is 0. The number of carboxylic acid groups (broad SMARTS) is 1. The molecule has 3 unspecified atom stereocenters. The van der Waals surface area contributed by atoms with Gasteiger partial charge in [0.1, 0.15) is 5.54 Å². The third-order valence-electron chi connectivity index (χ3n) is 4.82. The predicted molar refractivity (Wildman–Crippen MR) is 74.1 cm³/mol. The van der Waals surface area contributed by atoms with Crippen molar-refractivity contribution in [2.45, 2.75) is 64.0 Å². The largest absolute Gasteiger partial charge is 0.480 e. The van der Waals surface area contributed by atoms with Gasteiger partial charge in [0.15, 0.2) is 0 Å². The van der Waals surface area contributed by atoms with Gasteiger partial charge < -0.3 is 9.84 Å². The van der Waals surface area contributed by atoms with E-state index in [1.807, 2.05) is 0 Å². The van der Waals surface area contributed by atoms with Gasteiger partial charge >= 0.3 is 5.97 Å². The Balaban J connectivity index is 2.07. The molecule has 4 heteroatoms. The van der Waals surface area contributed by atoms with Gasteiger partial charge in [0.2, 0.25) is 0 Å². The van der Waals surface area contributed by atoms with Gasteiger partial charge in [-0.25, -0.2) is 0 Å². The van der Waals surface area contributed by atoms with Crippen LogP contribution in [-0.4, -0.2) is 35.9 Å². The van der Waals surface area contributed by atoms with Gasteiger partial charge in [0.25, 0.3) is 0 Å². The third-order valence-corrected chi connectivity index (χ3v) is 4.82. The van der Waals surface area contributed by atoms with Gasteiger partial charge in [-0.1, -0.05) is 26.7 Å². The van der Waals surface area contributed by atoms with Crippen LogP contribution in [0.3, 0.4) is 0 Å². The fraction of sp³-hybridized carbons (Fsp3) is 0.933. The number of aliphatic carboxylic acids is 1. The van der Waals surface area contributed by atoms with Crippen LogP contribution in [0.1, 0.15) is 52.4 Å². The molecule has 0 amide bonds. The molecule has 0 radical (unpaired) electrons. The topological polar surface area (TPSA) is 58.6 Å². The quantitative estimate of drug-likeness (QED) is 0.805. The minimum atomic E-state index is -0.738. The highest BCUT2D eigenvalue weighted by Gasteiger charge is 2.48. The molecule has 110 valence electrons. The molecule has 0 bridgehead atoms. The maximum atomic E-state index is 11.9. The number of nitrogens with one attached hydrogen (secondary N) is 1. The lowest BCUT2D eigenvalue weighted by Gasteiger charge is -2.44. The summed E-state index contributed by atoms with van der Waals surface area (Å²) in [6, 6.07) is 0. The van der Waals surface area contributed by atoms with E-state index in [-0.39, 0.29) is 12.0 Å². The first-order chi connectivity index (χ1) is 9.06. The van der Waals surface area contributed by atoms with E-state index in [0.717, 1.165) is 45.1 Å². The number of hydrogen-bond donors (Lipinski definition) is 2. The Bertz CT molecular complexity index is 313. The van der Waals surface area contributed by atoms with Crippen molar-refractivity contribution >= 4 is 5.97 Å². The van der Waals surface area contributed by atoms with Crippen LogP contribution in [0, 0.1) is 11.8 Å². The molecule has 2 fully saturated rings. The molecular weight excluding hydrogens is 242 g/mol. The summed E-state index contributed by atoms with van der Waals surface area (Å²) in [5.41, 5.74) is -0.738. The van der Waals surface area contributed by atoms with Crippen LogP contribution >= 0.6 is 0 Å². The first-order valence-electron chi connectivity index (χ1n) is 7.66. The molecule has 2 rings (SSSR count). The summed E-state index contributed by atoms with van der Waals surface area (Å²) < 4.78 is 5.61. The van der Waals surface area contributed by atoms with E-state index in [2.05, 4.69) is 19.2 Å². The maximum Gasteiger partial charge on any atom is 0.324 e. The highest BCUT2D eigenvalue weighted by Crippen LogP contribution is 2.39. The summed E-state index contributed by atoms with van der Waals surface area (Å²) in [6.45, 7) is 5.78. The Morgan fingerprint density at radius 1 is 1.37 bits per heavy atom. The van der Waals surface area contributed by atoms with E-state index in [0.29, 0.717) is 12.5 Å². The summed E-state index contributed by atoms with van der Waals surface area (Å²) in [7, 11) is 0. The molecule has 0 aromatic heterocycles. The van der Waals surface area contributed by atoms with E-state index in [1.165, 1.54) is 0 Å². The number of carbonyl (C=O) groups is 1. The Hall–Kier alpha value is -0.610. The molecule has 1 saturated heterocycles. The van der Waals surface area contributed by atoms with E-state index in [1.54, 1.807) is 0 Å². The average Bonchev–Trinajstić information content (AvgIpc) is 2.89. The van der Waals surface area contributed by atoms with Crippen molar-refractivity contribution in [2.24, 2.45) is 11.8 Å². The third kappa shape index (κ3) is 3.11. The highest BCUT2D eigenvalue weighted by atomic mass is 16.5. The molecular formula is C15H27NO3. The molecule has 0 spiro atoms. The first kappa shape index (κ1) is 14.8. The maximum absolute atomic E-state index is 11.9. The second kappa shape index (κ2) is 6.23. The predicted octanol–water partition coefficient (Wildman–Crippen LogP) is 2.42. The first-order valence-corrected chi connectivity index (χ1v) is 7.66. The monoisotopic (exact) mass is 269 g/mol. The average molecular weight is 269 g/mol. The SMILES string of the molecule is CC(C)C1CCCCC1(NCC1CCCO1)C(=O)O. The van der Waals surface area contributed by atoms with E-state index in [4.69, 9.17) is 4.74 Å². The summed E-state index contributed by atoms with van der Waals surface area (Å²) in [5.74, 6) is -0.0579. The van der Waals surface area contributed by atoms with Crippen molar-refractivity contribution in [1.29, 1.82) is 0 Å². The Morgan fingerprint density at radius 3 is 2.74 bits per heavy atom. The minimum Gasteiger partial charge on any atom is -0.480 e. The molecule has 0 aromatic carbocycles. The fourth-order valence-electron chi connectivity index (χ4n) is 3.76. The van der Waals surface area contributed by atoms with Crippen LogP contribution < -0.4 is 5.32 Å². The zero-order chi connectivity index (χ0) is 13.9. The van der Waals surface area contributed by atoms with Crippen LogP contribution in [-0.2, 0) is 9.53 Å². The van der Waals surface area contributed by atoms with E-state index < -0.39 is 11.5 Å². The van der Waals surface area contributed by atoms with Gasteiger partial charge in [-0.15, -0.1) is 0 Å². The second-order valence-electron chi connectivity index (χ2n) is 6.39. The summed E-state index contributed by atoms with van der Waals surface area (Å²) in [5, 5.41) is 13.2. The molecule has 1 aliphatic carbocycles. The number of carboxylic acids is 1. The Morgan fingerprint density at radius 2 is 2.16 bits per heavy atom. The smallest absolute Gasteiger partial charge is 0.324 e. The zero-order valence-corrected chi connectivity index (χ0v) is 12.2. The lowest BCUT2D eigenvalue weighted by atomic mass is 9.67. The van der Waals surface area contributed by atoms with Crippen molar-refractivity contribution in [3.63, 3.8) is 0 Å². The number of rotatable bonds is 5. The Kier molecular flexibility index (Phi) is 4.85. The number of ether oxygens (including phenoxy) is 1. The van der Waals surface area contributed by atoms with Crippen LogP contribution in [0.2, 0.25) is 0 Å². The molecule has 0 aromatic rings. The molecule has 2 aliphatic rings. The van der Waals surface area contributed by atoms with E-state index in [9.17, 15) is 9.90 Å². The summed E-state index contributed by atoms with van der Waals surface area (Å²) in [4.78, 5) is 11.9. The standard InChI is InChI=1S/C15H27NO3/c1-11(2)13-7-3-4-8-15(13,14(17)18)16-10-12-6-5-9-19-12/h11-13,16H,3-10H2,1-2H3,(H,17,18). The van der Waals surface area contributed by atoms with Gasteiger partial charge in [-0.05, 0) is 37.5 Å².